The Labute approximate surface area is 192 Å². The van der Waals surface area contributed by atoms with Gasteiger partial charge in [-0.3, -0.25) is 9.36 Å². The fraction of sp³-hybridized carbons (Fsp3) is 0.222. The van der Waals surface area contributed by atoms with Gasteiger partial charge in [0, 0.05) is 24.7 Å². The van der Waals surface area contributed by atoms with Crippen LogP contribution in [-0.4, -0.2) is 26.5 Å². The van der Waals surface area contributed by atoms with E-state index in [1.807, 2.05) is 49.4 Å². The predicted octanol–water partition coefficient (Wildman–Crippen LogP) is 6.00. The molecule has 0 unspecified atom stereocenters. The molecule has 2 N–H and O–H groups in total. The van der Waals surface area contributed by atoms with Crippen LogP contribution in [0.5, 0.6) is 0 Å². The molecule has 6 nitrogen and oxygen atoms in total. The molecule has 4 aromatic rings. The maximum absolute atomic E-state index is 11.7. The van der Waals surface area contributed by atoms with E-state index >= 15 is 0 Å². The van der Waals surface area contributed by atoms with Gasteiger partial charge < -0.3 is 10.4 Å². The molecule has 0 bridgehead atoms. The molecule has 1 aromatic heterocycles. The average Bonchev–Trinajstić information content (AvgIpc) is 3.14. The van der Waals surface area contributed by atoms with Crippen LogP contribution < -0.4 is 5.32 Å². The molecule has 1 heterocycles. The summed E-state index contributed by atoms with van der Waals surface area (Å²) in [4.78, 5) is 28.2. The molecule has 168 valence electrons. The van der Waals surface area contributed by atoms with E-state index in [4.69, 9.17) is 4.98 Å². The first-order chi connectivity index (χ1) is 15.9. The highest BCUT2D eigenvalue weighted by atomic mass is 16.4. The lowest BCUT2D eigenvalue weighted by atomic mass is 9.95. The van der Waals surface area contributed by atoms with E-state index in [0.29, 0.717) is 5.56 Å². The molecule has 0 aliphatic rings. The monoisotopic (exact) mass is 441 g/mol. The van der Waals surface area contributed by atoms with Crippen LogP contribution in [0.3, 0.4) is 0 Å². The molecule has 0 fully saturated rings. The van der Waals surface area contributed by atoms with Crippen LogP contribution in [0.4, 0.5) is 5.69 Å². The molecule has 1 amide bonds. The van der Waals surface area contributed by atoms with Crippen LogP contribution in [0.15, 0.2) is 60.7 Å². The summed E-state index contributed by atoms with van der Waals surface area (Å²) in [5.74, 6) is -0.101. The number of aromatic nitrogens is 2. The lowest BCUT2D eigenvalue weighted by molar-refractivity contribution is -0.114. The SMILES string of the molecule is CCCCc1nc2ccc(NC(C)=O)cc2n1-c1ccc(-c2ccccc2C(=O)O)c(C)c1. The number of nitrogens with zero attached hydrogens (tertiary/aromatic N) is 2. The van der Waals surface area contributed by atoms with Gasteiger partial charge in [-0.25, -0.2) is 9.78 Å². The third-order valence-corrected chi connectivity index (χ3v) is 5.71. The maximum Gasteiger partial charge on any atom is 0.336 e. The summed E-state index contributed by atoms with van der Waals surface area (Å²) in [5.41, 5.74) is 6.31. The minimum atomic E-state index is -0.943. The van der Waals surface area contributed by atoms with Crippen molar-refractivity contribution in [1.29, 1.82) is 0 Å². The highest BCUT2D eigenvalue weighted by Gasteiger charge is 2.16. The molecule has 3 aromatic carbocycles. The van der Waals surface area contributed by atoms with Gasteiger partial charge >= 0.3 is 5.97 Å². The first kappa shape index (κ1) is 22.3. The van der Waals surface area contributed by atoms with Gasteiger partial charge in [0.15, 0.2) is 0 Å². The van der Waals surface area contributed by atoms with Crippen molar-refractivity contribution in [2.75, 3.05) is 5.32 Å². The van der Waals surface area contributed by atoms with Crippen LogP contribution >= 0.6 is 0 Å². The van der Waals surface area contributed by atoms with E-state index in [1.54, 1.807) is 12.1 Å². The second-order valence-corrected chi connectivity index (χ2v) is 8.20. The van der Waals surface area contributed by atoms with Gasteiger partial charge in [-0.2, -0.15) is 0 Å². The first-order valence-electron chi connectivity index (χ1n) is 11.1. The molecule has 4 rings (SSSR count). The zero-order chi connectivity index (χ0) is 23.5. The van der Waals surface area contributed by atoms with Crippen molar-refractivity contribution < 1.29 is 14.7 Å². The number of amides is 1. The predicted molar refractivity (Wildman–Crippen MR) is 131 cm³/mol. The van der Waals surface area contributed by atoms with Crippen LogP contribution in [0.1, 0.15) is 48.4 Å². The third kappa shape index (κ3) is 4.51. The molecular weight excluding hydrogens is 414 g/mol. The highest BCUT2D eigenvalue weighted by molar-refractivity contribution is 5.96. The number of aryl methyl sites for hydroxylation is 2. The van der Waals surface area contributed by atoms with E-state index in [9.17, 15) is 14.7 Å². The van der Waals surface area contributed by atoms with Gasteiger partial charge in [-0.05, 0) is 66.4 Å². The number of carboxylic acid groups (broad SMARTS) is 1. The molecule has 0 radical (unpaired) electrons. The fourth-order valence-electron chi connectivity index (χ4n) is 4.19. The largest absolute Gasteiger partial charge is 0.478 e. The van der Waals surface area contributed by atoms with Gasteiger partial charge in [0.2, 0.25) is 5.91 Å². The number of anilines is 1. The Kier molecular flexibility index (Phi) is 6.27. The summed E-state index contributed by atoms with van der Waals surface area (Å²) < 4.78 is 2.14. The second kappa shape index (κ2) is 9.28. The zero-order valence-corrected chi connectivity index (χ0v) is 19.1. The molecule has 6 heteroatoms. The summed E-state index contributed by atoms with van der Waals surface area (Å²) in [6.45, 7) is 5.64. The number of carbonyl (C=O) groups is 2. The average molecular weight is 442 g/mol. The van der Waals surface area contributed by atoms with Crippen molar-refractivity contribution in [2.45, 2.75) is 40.0 Å². The highest BCUT2D eigenvalue weighted by Crippen LogP contribution is 2.31. The maximum atomic E-state index is 11.7. The smallest absolute Gasteiger partial charge is 0.336 e. The van der Waals surface area contributed by atoms with Crippen molar-refractivity contribution in [3.8, 4) is 16.8 Å². The zero-order valence-electron chi connectivity index (χ0n) is 19.1. The summed E-state index contributed by atoms with van der Waals surface area (Å²) >= 11 is 0. The van der Waals surface area contributed by atoms with Crippen molar-refractivity contribution in [2.24, 2.45) is 0 Å². The van der Waals surface area contributed by atoms with Crippen molar-refractivity contribution >= 4 is 28.6 Å². The number of carboxylic acids is 1. The lowest BCUT2D eigenvalue weighted by Gasteiger charge is -2.14. The molecule has 0 saturated carbocycles. The number of hydrogen-bond donors (Lipinski definition) is 2. The number of imidazole rings is 1. The lowest BCUT2D eigenvalue weighted by Crippen LogP contribution is -2.06. The van der Waals surface area contributed by atoms with Crippen LogP contribution in [-0.2, 0) is 11.2 Å². The molecule has 0 spiro atoms. The summed E-state index contributed by atoms with van der Waals surface area (Å²) in [6, 6.07) is 18.8. The number of fused-ring (bicyclic) bond motifs is 1. The van der Waals surface area contributed by atoms with E-state index < -0.39 is 5.97 Å². The van der Waals surface area contributed by atoms with Crippen LogP contribution in [0.2, 0.25) is 0 Å². The van der Waals surface area contributed by atoms with E-state index in [-0.39, 0.29) is 11.5 Å². The fourth-order valence-corrected chi connectivity index (χ4v) is 4.19. The molecule has 0 atom stereocenters. The summed E-state index contributed by atoms with van der Waals surface area (Å²) in [5, 5.41) is 12.5. The number of carbonyl (C=O) groups excluding carboxylic acids is 1. The third-order valence-electron chi connectivity index (χ3n) is 5.71. The topological polar surface area (TPSA) is 84.2 Å². The number of benzene rings is 3. The minimum Gasteiger partial charge on any atom is -0.478 e. The standard InChI is InChI=1S/C27H27N3O3/c1-4-5-10-26-29-24-14-11-19(28-18(3)31)16-25(24)30(26)20-12-13-21(17(2)15-20)22-8-6-7-9-23(22)27(32)33/h6-9,11-16H,4-5,10H2,1-3H3,(H,28,31)(H,32,33). The molecular formula is C27H27N3O3. The Hall–Kier alpha value is -3.93. The second-order valence-electron chi connectivity index (χ2n) is 8.20. The van der Waals surface area contributed by atoms with Gasteiger partial charge in [0.1, 0.15) is 5.82 Å². The number of unbranched alkanes of at least 4 members (excludes halogenated alkanes) is 1. The normalized spacial score (nSPS) is 11.0. The quantitative estimate of drug-likeness (QED) is 0.368. The van der Waals surface area contributed by atoms with Gasteiger partial charge in [-0.15, -0.1) is 0 Å². The van der Waals surface area contributed by atoms with E-state index in [1.165, 1.54) is 6.92 Å². The van der Waals surface area contributed by atoms with Crippen LogP contribution in [0, 0.1) is 6.92 Å². The Morgan fingerprint density at radius 1 is 1.03 bits per heavy atom. The Morgan fingerprint density at radius 3 is 2.52 bits per heavy atom. The Balaban J connectivity index is 1.86. The van der Waals surface area contributed by atoms with E-state index in [2.05, 4.69) is 22.9 Å². The Morgan fingerprint density at radius 2 is 1.82 bits per heavy atom. The van der Waals surface area contributed by atoms with Crippen molar-refractivity contribution in [3.05, 3.63) is 77.6 Å². The van der Waals surface area contributed by atoms with Gasteiger partial charge in [0.05, 0.1) is 16.6 Å². The molecule has 0 saturated heterocycles. The van der Waals surface area contributed by atoms with E-state index in [0.717, 1.165) is 58.6 Å². The molecule has 0 aliphatic heterocycles. The minimum absolute atomic E-state index is 0.121. The van der Waals surface area contributed by atoms with Gasteiger partial charge in [0.25, 0.3) is 0 Å². The summed E-state index contributed by atoms with van der Waals surface area (Å²) in [6.07, 6.45) is 2.92. The van der Waals surface area contributed by atoms with Crippen LogP contribution in [0.25, 0.3) is 27.8 Å². The van der Waals surface area contributed by atoms with Crippen molar-refractivity contribution in [3.63, 3.8) is 0 Å². The number of hydrogen-bond acceptors (Lipinski definition) is 3. The molecule has 0 aliphatic carbocycles. The van der Waals surface area contributed by atoms with Crippen molar-refractivity contribution in [1.82, 2.24) is 9.55 Å². The Bertz CT molecular complexity index is 1350. The molecule has 33 heavy (non-hydrogen) atoms. The number of aromatic carboxylic acids is 1. The first-order valence-corrected chi connectivity index (χ1v) is 11.1. The number of nitrogens with one attached hydrogen (secondary N) is 1. The van der Waals surface area contributed by atoms with Gasteiger partial charge in [-0.1, -0.05) is 37.6 Å². The summed E-state index contributed by atoms with van der Waals surface area (Å²) in [7, 11) is 0. The number of rotatable bonds is 7.